The SMILES string of the molecule is COC(=O)C12CC(CC(C)CC3=CCc4ccccc43)(C1)C2. The van der Waals surface area contributed by atoms with Crippen molar-refractivity contribution < 1.29 is 9.53 Å². The second-order valence-electron chi connectivity index (χ2n) is 7.91. The summed E-state index contributed by atoms with van der Waals surface area (Å²) in [6.07, 6.45) is 9.11. The number of esters is 1. The first-order chi connectivity index (χ1) is 10.6. The molecule has 2 heteroatoms. The first-order valence-electron chi connectivity index (χ1n) is 8.42. The van der Waals surface area contributed by atoms with Crippen LogP contribution in [0.5, 0.6) is 0 Å². The van der Waals surface area contributed by atoms with Gasteiger partial charge in [-0.3, -0.25) is 4.79 Å². The summed E-state index contributed by atoms with van der Waals surface area (Å²) in [5, 5.41) is 0. The molecule has 4 aliphatic rings. The molecule has 0 heterocycles. The number of carbonyl (C=O) groups is 1. The Morgan fingerprint density at radius 2 is 2.00 bits per heavy atom. The van der Waals surface area contributed by atoms with E-state index in [1.807, 2.05) is 0 Å². The molecule has 3 saturated carbocycles. The van der Waals surface area contributed by atoms with Gasteiger partial charge in [0.05, 0.1) is 12.5 Å². The van der Waals surface area contributed by atoms with Gasteiger partial charge in [-0.05, 0) is 66.6 Å². The molecule has 0 radical (unpaired) electrons. The molecule has 1 aromatic rings. The lowest BCUT2D eigenvalue weighted by atomic mass is 9.33. The van der Waals surface area contributed by atoms with Crippen molar-refractivity contribution in [2.45, 2.75) is 45.4 Å². The Balaban J connectivity index is 1.34. The predicted molar refractivity (Wildman–Crippen MR) is 87.3 cm³/mol. The minimum Gasteiger partial charge on any atom is -0.469 e. The van der Waals surface area contributed by atoms with E-state index >= 15 is 0 Å². The molecule has 3 fully saturated rings. The topological polar surface area (TPSA) is 26.3 Å². The molecule has 0 N–H and O–H groups in total. The van der Waals surface area contributed by atoms with Crippen molar-refractivity contribution in [1.29, 1.82) is 0 Å². The third-order valence-electron chi connectivity index (χ3n) is 6.04. The smallest absolute Gasteiger partial charge is 0.311 e. The number of carbonyl (C=O) groups excluding carboxylic acids is 1. The molecule has 0 spiro atoms. The van der Waals surface area contributed by atoms with E-state index in [-0.39, 0.29) is 11.4 Å². The highest BCUT2D eigenvalue weighted by atomic mass is 16.5. The van der Waals surface area contributed by atoms with Crippen LogP contribution in [0.1, 0.15) is 50.2 Å². The number of rotatable bonds is 5. The first kappa shape index (κ1) is 14.0. The Labute approximate surface area is 132 Å². The molecule has 116 valence electrons. The minimum atomic E-state index is -0.0896. The van der Waals surface area contributed by atoms with Gasteiger partial charge in [0.2, 0.25) is 0 Å². The second-order valence-corrected chi connectivity index (χ2v) is 7.91. The summed E-state index contributed by atoms with van der Waals surface area (Å²) in [5.74, 6) is 0.711. The van der Waals surface area contributed by atoms with E-state index in [4.69, 9.17) is 4.74 Å². The molecular weight excluding hydrogens is 272 g/mol. The lowest BCUT2D eigenvalue weighted by molar-refractivity contribution is -0.230. The molecule has 0 saturated heterocycles. The monoisotopic (exact) mass is 296 g/mol. The van der Waals surface area contributed by atoms with Gasteiger partial charge in [-0.25, -0.2) is 0 Å². The lowest BCUT2D eigenvalue weighted by Crippen LogP contribution is -2.65. The summed E-state index contributed by atoms with van der Waals surface area (Å²) in [5.41, 5.74) is 4.81. The molecule has 4 aliphatic carbocycles. The van der Waals surface area contributed by atoms with Gasteiger partial charge >= 0.3 is 5.97 Å². The molecule has 2 bridgehead atoms. The van der Waals surface area contributed by atoms with Crippen LogP contribution in [-0.2, 0) is 16.0 Å². The van der Waals surface area contributed by atoms with Gasteiger partial charge in [-0.2, -0.15) is 0 Å². The fourth-order valence-electron chi connectivity index (χ4n) is 5.38. The van der Waals surface area contributed by atoms with Crippen molar-refractivity contribution in [2.24, 2.45) is 16.7 Å². The highest BCUT2D eigenvalue weighted by Gasteiger charge is 2.71. The van der Waals surface area contributed by atoms with Crippen LogP contribution in [0.25, 0.3) is 5.57 Å². The Morgan fingerprint density at radius 1 is 1.27 bits per heavy atom. The lowest BCUT2D eigenvalue weighted by Gasteiger charge is -2.69. The van der Waals surface area contributed by atoms with Crippen LogP contribution in [0.15, 0.2) is 30.3 Å². The number of benzene rings is 1. The van der Waals surface area contributed by atoms with Gasteiger partial charge in [0.15, 0.2) is 0 Å². The van der Waals surface area contributed by atoms with E-state index in [0.29, 0.717) is 11.3 Å². The molecule has 1 unspecified atom stereocenters. The van der Waals surface area contributed by atoms with Gasteiger partial charge in [0.25, 0.3) is 0 Å². The van der Waals surface area contributed by atoms with Crippen LogP contribution < -0.4 is 0 Å². The van der Waals surface area contributed by atoms with Crippen LogP contribution in [0, 0.1) is 16.7 Å². The minimum absolute atomic E-state index is 0.0226. The zero-order valence-electron chi connectivity index (χ0n) is 13.5. The predicted octanol–water partition coefficient (Wildman–Crippen LogP) is 4.39. The van der Waals surface area contributed by atoms with Crippen molar-refractivity contribution in [3.63, 3.8) is 0 Å². The highest BCUT2D eigenvalue weighted by molar-refractivity contribution is 5.81. The Kier molecular flexibility index (Phi) is 3.01. The van der Waals surface area contributed by atoms with E-state index in [1.165, 1.54) is 36.7 Å². The van der Waals surface area contributed by atoms with Gasteiger partial charge < -0.3 is 4.74 Å². The number of ether oxygens (including phenoxy) is 1. The number of methoxy groups -OCH3 is 1. The van der Waals surface area contributed by atoms with Crippen LogP contribution >= 0.6 is 0 Å². The maximum atomic E-state index is 11.8. The van der Waals surface area contributed by atoms with E-state index in [0.717, 1.165) is 25.7 Å². The van der Waals surface area contributed by atoms with Crippen molar-refractivity contribution in [1.82, 2.24) is 0 Å². The average Bonchev–Trinajstić information content (AvgIpc) is 2.84. The van der Waals surface area contributed by atoms with Crippen LogP contribution in [0.3, 0.4) is 0 Å². The number of allylic oxidation sites excluding steroid dienone is 2. The first-order valence-corrected chi connectivity index (χ1v) is 8.42. The second kappa shape index (κ2) is 4.71. The summed E-state index contributed by atoms with van der Waals surface area (Å²) in [6.45, 7) is 2.37. The molecule has 2 nitrogen and oxygen atoms in total. The van der Waals surface area contributed by atoms with Crippen molar-refractivity contribution in [2.75, 3.05) is 7.11 Å². The molecule has 1 aromatic carbocycles. The quantitative estimate of drug-likeness (QED) is 0.753. The van der Waals surface area contributed by atoms with E-state index in [9.17, 15) is 4.79 Å². The molecule has 0 aliphatic heterocycles. The summed E-state index contributed by atoms with van der Waals surface area (Å²) < 4.78 is 4.94. The molecular formula is C20H24O2. The van der Waals surface area contributed by atoms with Gasteiger partial charge in [0, 0.05) is 0 Å². The third kappa shape index (κ3) is 1.96. The number of fused-ring (bicyclic) bond motifs is 1. The van der Waals surface area contributed by atoms with Crippen molar-refractivity contribution in [3.05, 3.63) is 41.5 Å². The molecule has 5 rings (SSSR count). The fourth-order valence-corrected chi connectivity index (χ4v) is 5.38. The molecule has 0 aromatic heterocycles. The number of hydrogen-bond acceptors (Lipinski definition) is 2. The highest BCUT2D eigenvalue weighted by Crippen LogP contribution is 2.75. The Hall–Kier alpha value is -1.57. The van der Waals surface area contributed by atoms with E-state index in [1.54, 1.807) is 0 Å². The van der Waals surface area contributed by atoms with Gasteiger partial charge in [-0.15, -0.1) is 0 Å². The van der Waals surface area contributed by atoms with Crippen LogP contribution in [0.2, 0.25) is 0 Å². The fraction of sp³-hybridized carbons (Fsp3) is 0.550. The summed E-state index contributed by atoms with van der Waals surface area (Å²) in [4.78, 5) is 11.8. The average molecular weight is 296 g/mol. The maximum absolute atomic E-state index is 11.8. The van der Waals surface area contributed by atoms with Crippen LogP contribution in [-0.4, -0.2) is 13.1 Å². The normalized spacial score (nSPS) is 32.4. The third-order valence-corrected chi connectivity index (χ3v) is 6.04. The summed E-state index contributed by atoms with van der Waals surface area (Å²) in [7, 11) is 1.52. The largest absolute Gasteiger partial charge is 0.469 e. The van der Waals surface area contributed by atoms with Gasteiger partial charge in [0.1, 0.15) is 0 Å². The van der Waals surface area contributed by atoms with Gasteiger partial charge in [-0.1, -0.05) is 37.3 Å². The van der Waals surface area contributed by atoms with E-state index < -0.39 is 0 Å². The number of hydrogen-bond donors (Lipinski definition) is 0. The zero-order chi connectivity index (χ0) is 15.4. The molecule has 22 heavy (non-hydrogen) atoms. The Bertz CT molecular complexity index is 636. The van der Waals surface area contributed by atoms with Crippen molar-refractivity contribution in [3.8, 4) is 0 Å². The van der Waals surface area contributed by atoms with Crippen molar-refractivity contribution >= 4 is 11.5 Å². The Morgan fingerprint density at radius 3 is 2.73 bits per heavy atom. The van der Waals surface area contributed by atoms with Crippen LogP contribution in [0.4, 0.5) is 0 Å². The molecule has 1 atom stereocenters. The zero-order valence-corrected chi connectivity index (χ0v) is 13.5. The summed E-state index contributed by atoms with van der Waals surface area (Å²) >= 11 is 0. The maximum Gasteiger partial charge on any atom is 0.311 e. The summed E-state index contributed by atoms with van der Waals surface area (Å²) in [6, 6.07) is 8.77. The standard InChI is InChI=1S/C20H24O2/c1-14(9-16-8-7-15-5-3-4-6-17(15)16)10-19-11-20(12-19,13-19)18(21)22-2/h3-6,8,14H,7,9-13H2,1-2H3. The van der Waals surface area contributed by atoms with E-state index in [2.05, 4.69) is 37.3 Å². The molecule has 0 amide bonds.